The van der Waals surface area contributed by atoms with Gasteiger partial charge in [-0.3, -0.25) is 9.78 Å². The number of amides is 1. The smallest absolute Gasteiger partial charge is 0.222 e. The van der Waals surface area contributed by atoms with Crippen molar-refractivity contribution < 1.29 is 9.18 Å². The summed E-state index contributed by atoms with van der Waals surface area (Å²) in [5.74, 6) is -0.0219. The summed E-state index contributed by atoms with van der Waals surface area (Å²) in [7, 11) is 0. The van der Waals surface area contributed by atoms with Crippen LogP contribution in [0.1, 0.15) is 31.2 Å². The molecule has 134 valence electrons. The Morgan fingerprint density at radius 2 is 2.04 bits per heavy atom. The van der Waals surface area contributed by atoms with Crippen LogP contribution in [0.15, 0.2) is 42.6 Å². The molecule has 1 N–H and O–H groups in total. The number of rotatable bonds is 5. The first-order chi connectivity index (χ1) is 12.7. The third-order valence-electron chi connectivity index (χ3n) is 5.07. The van der Waals surface area contributed by atoms with Gasteiger partial charge in [0, 0.05) is 36.6 Å². The van der Waals surface area contributed by atoms with E-state index in [9.17, 15) is 9.18 Å². The highest BCUT2D eigenvalue weighted by Crippen LogP contribution is 2.31. The summed E-state index contributed by atoms with van der Waals surface area (Å²) >= 11 is 0. The molecule has 4 nitrogen and oxygen atoms in total. The molecule has 0 radical (unpaired) electrons. The minimum atomic E-state index is -0.251. The summed E-state index contributed by atoms with van der Waals surface area (Å²) in [4.78, 5) is 22.1. The molecule has 3 heterocycles. The molecule has 1 aliphatic heterocycles. The van der Waals surface area contributed by atoms with E-state index in [4.69, 9.17) is 0 Å². The Hall–Kier alpha value is -2.69. The van der Waals surface area contributed by atoms with Gasteiger partial charge in [0.1, 0.15) is 5.82 Å². The van der Waals surface area contributed by atoms with Crippen LogP contribution in [-0.4, -0.2) is 33.9 Å². The Bertz CT molecular complexity index is 914. The molecule has 0 saturated carbocycles. The van der Waals surface area contributed by atoms with Gasteiger partial charge in [0.05, 0.1) is 11.4 Å². The highest BCUT2D eigenvalue weighted by atomic mass is 19.1. The molecule has 0 unspecified atom stereocenters. The first kappa shape index (κ1) is 16.8. The zero-order valence-corrected chi connectivity index (χ0v) is 14.7. The van der Waals surface area contributed by atoms with Gasteiger partial charge in [-0.2, -0.15) is 0 Å². The Labute approximate surface area is 152 Å². The van der Waals surface area contributed by atoms with Crippen LogP contribution in [0.5, 0.6) is 0 Å². The van der Waals surface area contributed by atoms with Gasteiger partial charge in [0.15, 0.2) is 0 Å². The first-order valence-electron chi connectivity index (χ1n) is 9.21. The van der Waals surface area contributed by atoms with Gasteiger partial charge in [0.2, 0.25) is 5.91 Å². The molecular formula is C21H22FN3O. The molecule has 0 atom stereocenters. The number of halogens is 1. The second-order valence-corrected chi connectivity index (χ2v) is 6.82. The fourth-order valence-electron chi connectivity index (χ4n) is 3.75. The molecule has 0 aliphatic carbocycles. The predicted octanol–water partition coefficient (Wildman–Crippen LogP) is 4.31. The van der Waals surface area contributed by atoms with E-state index >= 15 is 0 Å². The number of hydrogen-bond donors (Lipinski definition) is 1. The highest BCUT2D eigenvalue weighted by Gasteiger charge is 2.19. The number of benzene rings is 1. The average Bonchev–Trinajstić information content (AvgIpc) is 3.31. The summed E-state index contributed by atoms with van der Waals surface area (Å²) < 4.78 is 13.8. The lowest BCUT2D eigenvalue weighted by Crippen LogP contribution is -2.27. The van der Waals surface area contributed by atoms with Gasteiger partial charge in [-0.05, 0) is 61.6 Å². The number of nitrogens with zero attached hydrogens (tertiary/aromatic N) is 2. The van der Waals surface area contributed by atoms with Gasteiger partial charge in [0.25, 0.3) is 0 Å². The van der Waals surface area contributed by atoms with E-state index < -0.39 is 0 Å². The molecule has 0 spiro atoms. The fourth-order valence-corrected chi connectivity index (χ4v) is 3.75. The third-order valence-corrected chi connectivity index (χ3v) is 5.07. The normalized spacial score (nSPS) is 14.3. The lowest BCUT2D eigenvalue weighted by molar-refractivity contribution is -0.130. The van der Waals surface area contributed by atoms with Crippen molar-refractivity contribution >= 4 is 16.8 Å². The molecule has 5 heteroatoms. The van der Waals surface area contributed by atoms with Crippen LogP contribution < -0.4 is 0 Å². The number of H-pyrrole nitrogens is 1. The van der Waals surface area contributed by atoms with Crippen LogP contribution in [0, 0.1) is 5.82 Å². The maximum absolute atomic E-state index is 13.8. The van der Waals surface area contributed by atoms with E-state index in [0.29, 0.717) is 6.42 Å². The molecule has 2 aromatic heterocycles. The summed E-state index contributed by atoms with van der Waals surface area (Å²) in [5, 5.41) is 0.874. The molecule has 1 saturated heterocycles. The van der Waals surface area contributed by atoms with E-state index in [1.54, 1.807) is 18.3 Å². The molecule has 1 aliphatic rings. The van der Waals surface area contributed by atoms with Gasteiger partial charge in [-0.1, -0.05) is 6.07 Å². The van der Waals surface area contributed by atoms with E-state index in [-0.39, 0.29) is 11.7 Å². The molecule has 26 heavy (non-hydrogen) atoms. The molecule has 4 rings (SSSR count). The quantitative estimate of drug-likeness (QED) is 0.744. The maximum atomic E-state index is 13.8. The van der Waals surface area contributed by atoms with Crippen LogP contribution in [0.25, 0.3) is 22.3 Å². The average molecular weight is 351 g/mol. The number of likely N-dealkylation sites (tertiary alicyclic amines) is 1. The van der Waals surface area contributed by atoms with Gasteiger partial charge < -0.3 is 9.88 Å². The summed E-state index contributed by atoms with van der Waals surface area (Å²) in [6.45, 7) is 1.77. The van der Waals surface area contributed by atoms with E-state index in [2.05, 4.69) is 9.97 Å². The Morgan fingerprint density at radius 3 is 2.81 bits per heavy atom. The number of aryl methyl sites for hydroxylation is 1. The number of hydrogen-bond acceptors (Lipinski definition) is 2. The number of nitrogens with one attached hydrogen (secondary N) is 1. The van der Waals surface area contributed by atoms with Crippen LogP contribution in [0.2, 0.25) is 0 Å². The van der Waals surface area contributed by atoms with Crippen LogP contribution in [0.3, 0.4) is 0 Å². The molecule has 1 aromatic carbocycles. The molecule has 3 aromatic rings. The van der Waals surface area contributed by atoms with Crippen molar-refractivity contribution in [2.24, 2.45) is 0 Å². The number of aromatic nitrogens is 2. The Balaban J connectivity index is 1.59. The van der Waals surface area contributed by atoms with Crippen molar-refractivity contribution in [3.8, 4) is 11.4 Å². The number of aromatic amines is 1. The minimum Gasteiger partial charge on any atom is -0.353 e. The van der Waals surface area contributed by atoms with Crippen molar-refractivity contribution in [1.82, 2.24) is 14.9 Å². The standard InChI is InChI=1S/C21H22FN3O/c22-15-9-10-18-17(14-15)16(21(24-18)19-7-1-2-11-23-19)6-5-8-20(26)25-12-3-4-13-25/h1-2,7,9-11,14,24H,3-6,8,12-13H2. The summed E-state index contributed by atoms with van der Waals surface area (Å²) in [6, 6.07) is 10.5. The lowest BCUT2D eigenvalue weighted by atomic mass is 10.0. The number of carbonyl (C=O) groups excluding carboxylic acids is 1. The molecule has 1 fully saturated rings. The van der Waals surface area contributed by atoms with E-state index in [0.717, 1.165) is 66.6 Å². The van der Waals surface area contributed by atoms with Crippen molar-refractivity contribution in [3.63, 3.8) is 0 Å². The predicted molar refractivity (Wildman–Crippen MR) is 100 cm³/mol. The minimum absolute atomic E-state index is 0.230. The van der Waals surface area contributed by atoms with Gasteiger partial charge >= 0.3 is 0 Å². The SMILES string of the molecule is O=C(CCCc1c(-c2ccccn2)[nH]c2ccc(F)cc12)N1CCCC1. The second kappa shape index (κ2) is 7.28. The first-order valence-corrected chi connectivity index (χ1v) is 9.21. The Morgan fingerprint density at radius 1 is 1.19 bits per heavy atom. The Kier molecular flexibility index (Phi) is 4.69. The van der Waals surface area contributed by atoms with Crippen molar-refractivity contribution in [1.29, 1.82) is 0 Å². The molecule has 0 bridgehead atoms. The highest BCUT2D eigenvalue weighted by molar-refractivity contribution is 5.90. The number of carbonyl (C=O) groups is 1. The third kappa shape index (κ3) is 3.34. The number of fused-ring (bicyclic) bond motifs is 1. The number of pyridine rings is 1. The van der Waals surface area contributed by atoms with Crippen LogP contribution in [0.4, 0.5) is 4.39 Å². The lowest BCUT2D eigenvalue weighted by Gasteiger charge is -2.15. The van der Waals surface area contributed by atoms with Crippen molar-refractivity contribution in [3.05, 3.63) is 54.0 Å². The zero-order chi connectivity index (χ0) is 17.9. The van der Waals surface area contributed by atoms with Gasteiger partial charge in [-0.25, -0.2) is 4.39 Å². The molecular weight excluding hydrogens is 329 g/mol. The monoisotopic (exact) mass is 351 g/mol. The second-order valence-electron chi connectivity index (χ2n) is 6.82. The van der Waals surface area contributed by atoms with Crippen molar-refractivity contribution in [2.45, 2.75) is 32.1 Å². The topological polar surface area (TPSA) is 49.0 Å². The largest absolute Gasteiger partial charge is 0.353 e. The van der Waals surface area contributed by atoms with Crippen LogP contribution in [-0.2, 0) is 11.2 Å². The summed E-state index contributed by atoms with van der Waals surface area (Å²) in [6.07, 6.45) is 5.97. The maximum Gasteiger partial charge on any atom is 0.222 e. The van der Waals surface area contributed by atoms with E-state index in [1.807, 2.05) is 23.1 Å². The van der Waals surface area contributed by atoms with Crippen LogP contribution >= 0.6 is 0 Å². The van der Waals surface area contributed by atoms with E-state index in [1.165, 1.54) is 6.07 Å². The molecule has 1 amide bonds. The fraction of sp³-hybridized carbons (Fsp3) is 0.333. The summed E-state index contributed by atoms with van der Waals surface area (Å²) in [5.41, 5.74) is 3.69. The van der Waals surface area contributed by atoms with Crippen molar-refractivity contribution in [2.75, 3.05) is 13.1 Å². The zero-order valence-electron chi connectivity index (χ0n) is 14.7. The van der Waals surface area contributed by atoms with Gasteiger partial charge in [-0.15, -0.1) is 0 Å².